The van der Waals surface area contributed by atoms with E-state index in [9.17, 15) is 19.2 Å². The molecule has 2 saturated heterocycles. The van der Waals surface area contributed by atoms with Crippen LogP contribution < -0.4 is 26.6 Å². The molecule has 0 aromatic rings. The Kier molecular flexibility index (Phi) is 9.62. The second kappa shape index (κ2) is 12.2. The summed E-state index contributed by atoms with van der Waals surface area (Å²) >= 11 is 1.87. The highest BCUT2D eigenvalue weighted by Gasteiger charge is 2.42. The van der Waals surface area contributed by atoms with Gasteiger partial charge in [-0.15, -0.1) is 0 Å². The zero-order chi connectivity index (χ0) is 21.1. The number of rotatable bonds is 12. The van der Waals surface area contributed by atoms with Crippen LogP contribution in [0.15, 0.2) is 12.7 Å². The highest BCUT2D eigenvalue weighted by atomic mass is 32.2. The molecule has 3 unspecified atom stereocenters. The lowest BCUT2D eigenvalue weighted by Crippen LogP contribution is -2.41. The minimum atomic E-state index is -0.538. The predicted octanol–water partition coefficient (Wildman–Crippen LogP) is -0.143. The molecule has 3 atom stereocenters. The van der Waals surface area contributed by atoms with Crippen molar-refractivity contribution >= 4 is 35.7 Å². The zero-order valence-electron chi connectivity index (χ0n) is 16.3. The van der Waals surface area contributed by atoms with E-state index in [0.717, 1.165) is 31.1 Å². The smallest absolute Gasteiger partial charge is 0.330 e. The number of carbonyl (C=O) groups is 4. The lowest BCUT2D eigenvalue weighted by atomic mass is 10.0. The largest absolute Gasteiger partial charge is 0.461 e. The third kappa shape index (κ3) is 8.22. The predicted molar refractivity (Wildman–Crippen MR) is 110 cm³/mol. The summed E-state index contributed by atoms with van der Waals surface area (Å²) in [6, 6.07) is -0.0434. The number of nitrogens with one attached hydrogen (secondary N) is 5. The average Bonchev–Trinajstić information content (AvgIpc) is 3.25. The third-order valence-electron chi connectivity index (χ3n) is 4.61. The van der Waals surface area contributed by atoms with Crippen molar-refractivity contribution in [3.05, 3.63) is 12.7 Å². The molecule has 2 fully saturated rings. The maximum absolute atomic E-state index is 11.8. The van der Waals surface area contributed by atoms with Crippen LogP contribution in [0.3, 0.4) is 0 Å². The molecular formula is C18H29N5O5S. The van der Waals surface area contributed by atoms with Crippen LogP contribution in [-0.4, -0.2) is 73.3 Å². The molecule has 0 bridgehead atoms. The second-order valence-electron chi connectivity index (χ2n) is 6.77. The number of carbonyl (C=O) groups excluding carboxylic acids is 4. The Bertz CT molecular complexity index is 617. The molecule has 2 heterocycles. The standard InChI is InChI=1S/C18H29N5O5S/c1-2-15(25)28-10-9-21-17(26)20-8-7-19-14(24)6-4-3-5-13-16-12(11-29-13)22-18(27)23-16/h2,12-13,16H,1,3-11H2,(H,19,24)(H2,20,21,26)(H2,22,23,27). The summed E-state index contributed by atoms with van der Waals surface area (Å²) in [4.78, 5) is 45.5. The summed E-state index contributed by atoms with van der Waals surface area (Å²) in [5, 5.41) is 14.2. The second-order valence-corrected chi connectivity index (χ2v) is 8.04. The van der Waals surface area contributed by atoms with E-state index in [2.05, 4.69) is 33.2 Å². The van der Waals surface area contributed by atoms with E-state index in [-0.39, 0.29) is 37.2 Å². The molecule has 11 heteroatoms. The monoisotopic (exact) mass is 427 g/mol. The molecule has 2 aliphatic heterocycles. The first kappa shape index (κ1) is 22.9. The maximum atomic E-state index is 11.8. The van der Waals surface area contributed by atoms with Gasteiger partial charge in [0.25, 0.3) is 0 Å². The van der Waals surface area contributed by atoms with Crippen LogP contribution in [0, 0.1) is 0 Å². The van der Waals surface area contributed by atoms with Crippen LogP contribution >= 0.6 is 11.8 Å². The van der Waals surface area contributed by atoms with Crippen LogP contribution in [0.5, 0.6) is 0 Å². The number of urea groups is 2. The summed E-state index contributed by atoms with van der Waals surface area (Å²) in [5.74, 6) is 0.356. The number of esters is 1. The molecule has 0 spiro atoms. The highest BCUT2D eigenvalue weighted by Crippen LogP contribution is 2.33. The van der Waals surface area contributed by atoms with Crippen molar-refractivity contribution in [3.63, 3.8) is 0 Å². The minimum absolute atomic E-state index is 0.0451. The van der Waals surface area contributed by atoms with Gasteiger partial charge in [-0.25, -0.2) is 14.4 Å². The number of hydrogen-bond donors (Lipinski definition) is 5. The first-order valence-corrected chi connectivity index (χ1v) is 10.8. The Morgan fingerprint density at radius 3 is 2.69 bits per heavy atom. The van der Waals surface area contributed by atoms with Crippen molar-refractivity contribution in [3.8, 4) is 0 Å². The van der Waals surface area contributed by atoms with Crippen molar-refractivity contribution in [1.29, 1.82) is 0 Å². The van der Waals surface area contributed by atoms with Crippen molar-refractivity contribution in [2.24, 2.45) is 0 Å². The lowest BCUT2D eigenvalue weighted by molar-refractivity contribution is -0.137. The summed E-state index contributed by atoms with van der Waals surface area (Å²) in [5.41, 5.74) is 0. The Morgan fingerprint density at radius 2 is 1.90 bits per heavy atom. The molecule has 162 valence electrons. The molecule has 0 aromatic carbocycles. The van der Waals surface area contributed by atoms with E-state index in [1.54, 1.807) is 0 Å². The number of hydrogen-bond acceptors (Lipinski definition) is 6. The molecule has 5 N–H and O–H groups in total. The van der Waals surface area contributed by atoms with Crippen molar-refractivity contribution in [2.45, 2.75) is 43.0 Å². The molecule has 0 radical (unpaired) electrons. The Balaban J connectivity index is 1.42. The van der Waals surface area contributed by atoms with Gasteiger partial charge >= 0.3 is 18.0 Å². The van der Waals surface area contributed by atoms with E-state index >= 15 is 0 Å². The lowest BCUT2D eigenvalue weighted by Gasteiger charge is -2.16. The van der Waals surface area contributed by atoms with Gasteiger partial charge in [0.15, 0.2) is 0 Å². The van der Waals surface area contributed by atoms with Gasteiger partial charge in [0.05, 0.1) is 18.6 Å². The molecule has 29 heavy (non-hydrogen) atoms. The first-order valence-electron chi connectivity index (χ1n) is 9.76. The summed E-state index contributed by atoms with van der Waals surface area (Å²) in [6.07, 6.45) is 4.19. The minimum Gasteiger partial charge on any atom is -0.461 e. The molecule has 5 amide bonds. The number of fused-ring (bicyclic) bond motifs is 1. The highest BCUT2D eigenvalue weighted by molar-refractivity contribution is 8.00. The summed E-state index contributed by atoms with van der Waals surface area (Å²) in [7, 11) is 0. The average molecular weight is 428 g/mol. The molecular weight excluding hydrogens is 398 g/mol. The van der Waals surface area contributed by atoms with Gasteiger partial charge < -0.3 is 31.3 Å². The van der Waals surface area contributed by atoms with Gasteiger partial charge in [-0.05, 0) is 12.8 Å². The maximum Gasteiger partial charge on any atom is 0.330 e. The van der Waals surface area contributed by atoms with Gasteiger partial charge in [0.1, 0.15) is 6.61 Å². The van der Waals surface area contributed by atoms with Crippen molar-refractivity contribution in [2.75, 3.05) is 32.0 Å². The number of amides is 5. The van der Waals surface area contributed by atoms with Crippen LogP contribution in [0.25, 0.3) is 0 Å². The van der Waals surface area contributed by atoms with E-state index in [1.165, 1.54) is 0 Å². The Morgan fingerprint density at radius 1 is 1.14 bits per heavy atom. The Hall–Kier alpha value is -2.43. The molecule has 0 saturated carbocycles. The van der Waals surface area contributed by atoms with Crippen LogP contribution in [-0.2, 0) is 14.3 Å². The quantitative estimate of drug-likeness (QED) is 0.127. The van der Waals surface area contributed by atoms with E-state index in [1.807, 2.05) is 11.8 Å². The van der Waals surface area contributed by atoms with E-state index in [0.29, 0.717) is 24.8 Å². The van der Waals surface area contributed by atoms with Crippen molar-refractivity contribution in [1.82, 2.24) is 26.6 Å². The van der Waals surface area contributed by atoms with Gasteiger partial charge in [-0.3, -0.25) is 4.79 Å². The SMILES string of the molecule is C=CC(=O)OCCNC(=O)NCCNC(=O)CCCCC1SCC2NC(=O)NC21. The van der Waals surface area contributed by atoms with E-state index in [4.69, 9.17) is 4.74 Å². The van der Waals surface area contributed by atoms with Crippen LogP contribution in [0.4, 0.5) is 9.59 Å². The number of ether oxygens (including phenoxy) is 1. The zero-order valence-corrected chi connectivity index (χ0v) is 17.1. The fourth-order valence-electron chi connectivity index (χ4n) is 3.18. The van der Waals surface area contributed by atoms with Gasteiger partial charge in [0, 0.05) is 36.6 Å². The fraction of sp³-hybridized carbons (Fsp3) is 0.667. The van der Waals surface area contributed by atoms with Gasteiger partial charge in [-0.1, -0.05) is 13.0 Å². The third-order valence-corrected chi connectivity index (χ3v) is 6.12. The molecule has 0 aromatic heterocycles. The van der Waals surface area contributed by atoms with Crippen LogP contribution in [0.2, 0.25) is 0 Å². The molecule has 2 aliphatic rings. The summed E-state index contributed by atoms with van der Waals surface area (Å²) < 4.78 is 4.72. The molecule has 0 aliphatic carbocycles. The number of unbranched alkanes of at least 4 members (excludes halogenated alkanes) is 1. The van der Waals surface area contributed by atoms with Gasteiger partial charge in [0.2, 0.25) is 5.91 Å². The normalized spacial score (nSPS) is 22.1. The van der Waals surface area contributed by atoms with Gasteiger partial charge in [-0.2, -0.15) is 11.8 Å². The molecule has 10 nitrogen and oxygen atoms in total. The fourth-order valence-corrected chi connectivity index (χ4v) is 4.72. The van der Waals surface area contributed by atoms with E-state index < -0.39 is 12.0 Å². The topological polar surface area (TPSA) is 138 Å². The first-order chi connectivity index (χ1) is 14.0. The Labute approximate surface area is 174 Å². The van der Waals surface area contributed by atoms with Crippen molar-refractivity contribution < 1.29 is 23.9 Å². The summed E-state index contributed by atoms with van der Waals surface area (Å²) in [6.45, 7) is 4.18. The molecule has 2 rings (SSSR count). The number of thioether (sulfide) groups is 1. The van der Waals surface area contributed by atoms with Crippen LogP contribution in [0.1, 0.15) is 25.7 Å².